The van der Waals surface area contributed by atoms with Crippen LogP contribution in [0.25, 0.3) is 0 Å². The third kappa shape index (κ3) is 4.04. The molecule has 0 bridgehead atoms. The van der Waals surface area contributed by atoms with Crippen LogP contribution in [0.5, 0.6) is 0 Å². The Morgan fingerprint density at radius 1 is 1.30 bits per heavy atom. The summed E-state index contributed by atoms with van der Waals surface area (Å²) in [5.74, 6) is 0.392. The molecule has 0 amide bonds. The van der Waals surface area contributed by atoms with Crippen LogP contribution in [0, 0.1) is 18.3 Å². The predicted octanol–water partition coefficient (Wildman–Crippen LogP) is 2.41. The zero-order valence-corrected chi connectivity index (χ0v) is 13.8. The molecular formula is C15H26N2O2S. The van der Waals surface area contributed by atoms with Crippen LogP contribution in [-0.4, -0.2) is 15.0 Å². The molecule has 5 heteroatoms. The molecule has 1 rings (SSSR count). The average Bonchev–Trinajstić information content (AvgIpc) is 2.37. The molecule has 0 unspecified atom stereocenters. The first-order chi connectivity index (χ1) is 9.10. The van der Waals surface area contributed by atoms with E-state index in [1.165, 1.54) is 0 Å². The molecule has 0 heterocycles. The Kier molecular flexibility index (Phi) is 5.35. The van der Waals surface area contributed by atoms with Gasteiger partial charge >= 0.3 is 0 Å². The lowest BCUT2D eigenvalue weighted by molar-refractivity contribution is 0.252. The Bertz CT molecular complexity index is 563. The summed E-state index contributed by atoms with van der Waals surface area (Å²) >= 11 is 0. The van der Waals surface area contributed by atoms with Crippen LogP contribution in [0.15, 0.2) is 23.1 Å². The number of aryl methyl sites for hydroxylation is 1. The van der Waals surface area contributed by atoms with Gasteiger partial charge in [0, 0.05) is 13.1 Å². The van der Waals surface area contributed by atoms with E-state index in [2.05, 4.69) is 32.4 Å². The van der Waals surface area contributed by atoms with E-state index in [0.717, 1.165) is 11.1 Å². The molecule has 3 N–H and O–H groups in total. The molecule has 0 aliphatic carbocycles. The number of hydrogen-bond acceptors (Lipinski definition) is 3. The van der Waals surface area contributed by atoms with Gasteiger partial charge in [0.25, 0.3) is 0 Å². The van der Waals surface area contributed by atoms with Crippen molar-refractivity contribution in [1.29, 1.82) is 0 Å². The van der Waals surface area contributed by atoms with Gasteiger partial charge in [0.2, 0.25) is 10.0 Å². The maximum absolute atomic E-state index is 12.3. The molecule has 0 saturated carbocycles. The summed E-state index contributed by atoms with van der Waals surface area (Å²) in [5.41, 5.74) is 7.41. The highest BCUT2D eigenvalue weighted by molar-refractivity contribution is 7.89. The van der Waals surface area contributed by atoms with E-state index in [9.17, 15) is 8.42 Å². The monoisotopic (exact) mass is 298 g/mol. The van der Waals surface area contributed by atoms with Crippen LogP contribution in [0.3, 0.4) is 0 Å². The molecule has 0 radical (unpaired) electrons. The summed E-state index contributed by atoms with van der Waals surface area (Å²) in [7, 11) is -3.48. The summed E-state index contributed by atoms with van der Waals surface area (Å²) < 4.78 is 27.4. The minimum atomic E-state index is -3.48. The Labute approximate surface area is 122 Å². The molecule has 1 aromatic carbocycles. The van der Waals surface area contributed by atoms with Gasteiger partial charge in [-0.2, -0.15) is 0 Å². The normalized spacial score (nSPS) is 12.9. The van der Waals surface area contributed by atoms with Crippen molar-refractivity contribution in [2.24, 2.45) is 17.1 Å². The molecule has 4 nitrogen and oxygen atoms in total. The highest BCUT2D eigenvalue weighted by Crippen LogP contribution is 2.25. The quantitative estimate of drug-likeness (QED) is 0.847. The van der Waals surface area contributed by atoms with Crippen molar-refractivity contribution in [3.05, 3.63) is 29.3 Å². The van der Waals surface area contributed by atoms with E-state index in [4.69, 9.17) is 5.73 Å². The standard InChI is InChI=1S/C15H26N2O2S/c1-11(2)15(4,5)10-17-20(18,19)14-7-6-12(3)13(8-14)9-16/h6-8,11,17H,9-10,16H2,1-5H3. The molecule has 1 aromatic rings. The summed E-state index contributed by atoms with van der Waals surface area (Å²) in [6.45, 7) is 11.0. The second-order valence-electron chi connectivity index (χ2n) is 6.26. The fraction of sp³-hybridized carbons (Fsp3) is 0.600. The van der Waals surface area contributed by atoms with Crippen molar-refractivity contribution in [3.63, 3.8) is 0 Å². The Morgan fingerprint density at radius 3 is 2.40 bits per heavy atom. The molecule has 0 saturated heterocycles. The van der Waals surface area contributed by atoms with E-state index in [1.54, 1.807) is 18.2 Å². The largest absolute Gasteiger partial charge is 0.326 e. The zero-order chi connectivity index (χ0) is 15.6. The second kappa shape index (κ2) is 6.24. The third-order valence-electron chi connectivity index (χ3n) is 4.13. The maximum Gasteiger partial charge on any atom is 0.240 e. The molecule has 0 fully saturated rings. The minimum absolute atomic E-state index is 0.0888. The molecule has 0 aromatic heterocycles. The van der Waals surface area contributed by atoms with Crippen molar-refractivity contribution in [1.82, 2.24) is 4.72 Å². The van der Waals surface area contributed by atoms with Gasteiger partial charge in [0.15, 0.2) is 0 Å². The summed E-state index contributed by atoms with van der Waals surface area (Å²) in [6, 6.07) is 5.07. The van der Waals surface area contributed by atoms with Gasteiger partial charge in [-0.1, -0.05) is 33.8 Å². The second-order valence-corrected chi connectivity index (χ2v) is 8.03. The molecule has 20 heavy (non-hydrogen) atoms. The molecule has 0 atom stereocenters. The van der Waals surface area contributed by atoms with Crippen LogP contribution >= 0.6 is 0 Å². The molecule has 0 aliphatic heterocycles. The lowest BCUT2D eigenvalue weighted by Crippen LogP contribution is -2.37. The van der Waals surface area contributed by atoms with E-state index in [0.29, 0.717) is 19.0 Å². The Balaban J connectivity index is 2.95. The fourth-order valence-corrected chi connectivity index (χ4v) is 2.88. The smallest absolute Gasteiger partial charge is 0.240 e. The molecule has 0 spiro atoms. The maximum atomic E-state index is 12.3. The number of rotatable bonds is 6. The highest BCUT2D eigenvalue weighted by atomic mass is 32.2. The summed E-state index contributed by atoms with van der Waals surface area (Å²) in [5, 5.41) is 0. The van der Waals surface area contributed by atoms with Gasteiger partial charge in [-0.15, -0.1) is 0 Å². The molecular weight excluding hydrogens is 272 g/mol. The predicted molar refractivity (Wildman–Crippen MR) is 82.9 cm³/mol. The number of benzene rings is 1. The van der Waals surface area contributed by atoms with Gasteiger partial charge in [0.05, 0.1) is 4.90 Å². The van der Waals surface area contributed by atoms with Crippen LogP contribution in [0.4, 0.5) is 0 Å². The number of hydrogen-bond donors (Lipinski definition) is 2. The van der Waals surface area contributed by atoms with Crippen LogP contribution < -0.4 is 10.5 Å². The Hall–Kier alpha value is -0.910. The lowest BCUT2D eigenvalue weighted by atomic mass is 9.81. The Morgan fingerprint density at radius 2 is 1.90 bits per heavy atom. The van der Waals surface area contributed by atoms with Crippen molar-refractivity contribution < 1.29 is 8.42 Å². The van der Waals surface area contributed by atoms with Crippen molar-refractivity contribution in [3.8, 4) is 0 Å². The van der Waals surface area contributed by atoms with Crippen molar-refractivity contribution >= 4 is 10.0 Å². The van der Waals surface area contributed by atoms with Gasteiger partial charge in [-0.25, -0.2) is 13.1 Å². The van der Waals surface area contributed by atoms with Gasteiger partial charge in [0.1, 0.15) is 0 Å². The lowest BCUT2D eigenvalue weighted by Gasteiger charge is -2.29. The van der Waals surface area contributed by atoms with E-state index < -0.39 is 10.0 Å². The number of sulfonamides is 1. The minimum Gasteiger partial charge on any atom is -0.326 e. The van der Waals surface area contributed by atoms with Gasteiger partial charge in [-0.05, 0) is 41.5 Å². The molecule has 0 aliphatic rings. The fourth-order valence-electron chi connectivity index (χ4n) is 1.60. The SMILES string of the molecule is Cc1ccc(S(=O)(=O)NCC(C)(C)C(C)C)cc1CN. The number of nitrogens with two attached hydrogens (primary N) is 1. The van der Waals surface area contributed by atoms with Gasteiger partial charge in [-0.3, -0.25) is 0 Å². The van der Waals surface area contributed by atoms with Crippen LogP contribution in [-0.2, 0) is 16.6 Å². The van der Waals surface area contributed by atoms with Crippen molar-refractivity contribution in [2.75, 3.05) is 6.54 Å². The molecule has 114 valence electrons. The zero-order valence-electron chi connectivity index (χ0n) is 13.0. The van der Waals surface area contributed by atoms with E-state index in [-0.39, 0.29) is 10.3 Å². The highest BCUT2D eigenvalue weighted by Gasteiger charge is 2.25. The third-order valence-corrected chi connectivity index (χ3v) is 5.53. The van der Waals surface area contributed by atoms with Gasteiger partial charge < -0.3 is 5.73 Å². The van der Waals surface area contributed by atoms with Crippen molar-refractivity contribution in [2.45, 2.75) is 46.1 Å². The van der Waals surface area contributed by atoms with E-state index >= 15 is 0 Å². The first kappa shape index (κ1) is 17.1. The van der Waals surface area contributed by atoms with Crippen LogP contribution in [0.2, 0.25) is 0 Å². The van der Waals surface area contributed by atoms with E-state index in [1.807, 2.05) is 6.92 Å². The first-order valence-corrected chi connectivity index (χ1v) is 8.38. The average molecular weight is 298 g/mol. The topological polar surface area (TPSA) is 72.2 Å². The number of nitrogens with one attached hydrogen (secondary N) is 1. The van der Waals surface area contributed by atoms with Crippen LogP contribution in [0.1, 0.15) is 38.8 Å². The first-order valence-electron chi connectivity index (χ1n) is 6.89. The summed E-state index contributed by atoms with van der Waals surface area (Å²) in [6.07, 6.45) is 0. The summed E-state index contributed by atoms with van der Waals surface area (Å²) in [4.78, 5) is 0.281.